The average Bonchev–Trinajstić information content (AvgIpc) is 2.82. The third-order valence-corrected chi connectivity index (χ3v) is 7.45. The smallest absolute Gasteiger partial charge is 0.138 e. The van der Waals surface area contributed by atoms with Crippen LogP contribution in [0.4, 0.5) is 0 Å². The lowest BCUT2D eigenvalue weighted by molar-refractivity contribution is 0.0715. The fourth-order valence-electron chi connectivity index (χ4n) is 3.70. The molecular weight excluding hydrogens is 481 g/mol. The minimum absolute atomic E-state index is 0.0964. The van der Waals surface area contributed by atoms with Gasteiger partial charge in [-0.05, 0) is 35.4 Å². The zero-order valence-corrected chi connectivity index (χ0v) is 21.5. The number of aliphatic hydroxyl groups excluding tert-OH is 2. The molecule has 2 N–H and O–H groups in total. The van der Waals surface area contributed by atoms with Gasteiger partial charge in [0.15, 0.2) is 0 Å². The Balaban J connectivity index is 1.57. The Labute approximate surface area is 211 Å². The van der Waals surface area contributed by atoms with Crippen molar-refractivity contribution in [2.75, 3.05) is 50.2 Å². The second-order valence-electron chi connectivity index (χ2n) is 8.79. The zero-order valence-electron chi connectivity index (χ0n) is 19.2. The number of hydrogen-bond donors (Lipinski definition) is 2. The summed E-state index contributed by atoms with van der Waals surface area (Å²) >= 11 is 14.0. The quantitative estimate of drug-likeness (QED) is 0.433. The van der Waals surface area contributed by atoms with E-state index in [1.807, 2.05) is 54.2 Å². The number of β-amino-alcohol motifs (C(OH)–C–C–N with tert-alkyl or cyclic N) is 1. The molecule has 2 aromatic carbocycles. The predicted molar refractivity (Wildman–Crippen MR) is 138 cm³/mol. The van der Waals surface area contributed by atoms with Crippen molar-refractivity contribution in [1.82, 2.24) is 4.90 Å². The van der Waals surface area contributed by atoms with Crippen LogP contribution >= 0.6 is 35.0 Å². The van der Waals surface area contributed by atoms with E-state index >= 15 is 0 Å². The summed E-state index contributed by atoms with van der Waals surface area (Å²) in [5.74, 6) is 3.62. The fraction of sp³-hybridized carbons (Fsp3) is 0.520. The van der Waals surface area contributed by atoms with Crippen LogP contribution in [0.25, 0.3) is 0 Å². The molecule has 2 unspecified atom stereocenters. The first kappa shape index (κ1) is 26.5. The molecule has 0 radical (unpaired) electrons. The number of benzene rings is 2. The Morgan fingerprint density at radius 3 is 2.24 bits per heavy atom. The third-order valence-electron chi connectivity index (χ3n) is 5.85. The molecule has 0 amide bonds. The molecule has 33 heavy (non-hydrogen) atoms. The maximum Gasteiger partial charge on any atom is 0.138 e. The number of rotatable bonds is 11. The van der Waals surface area contributed by atoms with Gasteiger partial charge in [-0.2, -0.15) is 11.8 Å². The molecule has 0 bridgehead atoms. The van der Waals surface area contributed by atoms with Crippen LogP contribution in [0.1, 0.15) is 25.0 Å². The molecule has 0 aromatic heterocycles. The summed E-state index contributed by atoms with van der Waals surface area (Å²) < 4.78 is 11.4. The Bertz CT molecular complexity index is 875. The summed E-state index contributed by atoms with van der Waals surface area (Å²) in [4.78, 5) is 2.29. The van der Waals surface area contributed by atoms with E-state index in [9.17, 15) is 10.2 Å². The predicted octanol–water partition coefficient (Wildman–Crippen LogP) is 4.43. The van der Waals surface area contributed by atoms with Gasteiger partial charge < -0.3 is 19.7 Å². The molecule has 2 atom stereocenters. The standard InChI is InChI=1S/C25H33Cl2NO4S/c1-25(2,19-5-8-24(23(27)13-19)32-16-20(29)14-26)18-3-6-22(7-4-18)31-17-21(30)15-28-9-11-33-12-10-28/h3-8,13,20-21,29-30H,9-12,14-17H2,1-2H3. The minimum Gasteiger partial charge on any atom is -0.491 e. The molecule has 0 spiro atoms. The summed E-state index contributed by atoms with van der Waals surface area (Å²) in [7, 11) is 0. The zero-order chi connectivity index (χ0) is 23.8. The molecule has 2 aromatic rings. The van der Waals surface area contributed by atoms with E-state index in [2.05, 4.69) is 18.7 Å². The summed E-state index contributed by atoms with van der Waals surface area (Å²) in [6, 6.07) is 13.7. The van der Waals surface area contributed by atoms with Gasteiger partial charge >= 0.3 is 0 Å². The van der Waals surface area contributed by atoms with E-state index < -0.39 is 12.2 Å². The summed E-state index contributed by atoms with van der Waals surface area (Å²) in [5, 5.41) is 20.4. The van der Waals surface area contributed by atoms with Crippen LogP contribution in [0.3, 0.4) is 0 Å². The molecule has 5 nitrogen and oxygen atoms in total. The van der Waals surface area contributed by atoms with Crippen LogP contribution in [-0.4, -0.2) is 77.6 Å². The van der Waals surface area contributed by atoms with Crippen molar-refractivity contribution in [2.24, 2.45) is 0 Å². The van der Waals surface area contributed by atoms with Crippen molar-refractivity contribution in [3.05, 3.63) is 58.6 Å². The summed E-state index contributed by atoms with van der Waals surface area (Å²) in [6.45, 7) is 7.34. The van der Waals surface area contributed by atoms with Crippen molar-refractivity contribution in [3.63, 3.8) is 0 Å². The molecule has 1 heterocycles. The van der Waals surface area contributed by atoms with Gasteiger partial charge in [0.2, 0.25) is 0 Å². The number of hydrogen-bond acceptors (Lipinski definition) is 6. The molecule has 1 aliphatic heterocycles. The Kier molecular flexibility index (Phi) is 10.0. The number of halogens is 2. The van der Waals surface area contributed by atoms with E-state index in [0.717, 1.165) is 41.5 Å². The highest BCUT2D eigenvalue weighted by atomic mass is 35.5. The molecule has 1 fully saturated rings. The van der Waals surface area contributed by atoms with Gasteiger partial charge in [-0.1, -0.05) is 43.6 Å². The molecule has 1 saturated heterocycles. The van der Waals surface area contributed by atoms with Crippen LogP contribution in [0.5, 0.6) is 11.5 Å². The fourth-order valence-corrected chi connectivity index (χ4v) is 5.00. The van der Waals surface area contributed by atoms with Crippen molar-refractivity contribution in [1.29, 1.82) is 0 Å². The lowest BCUT2D eigenvalue weighted by atomic mass is 9.78. The van der Waals surface area contributed by atoms with Crippen LogP contribution in [0.15, 0.2) is 42.5 Å². The van der Waals surface area contributed by atoms with Gasteiger partial charge in [0, 0.05) is 36.6 Å². The van der Waals surface area contributed by atoms with Crippen LogP contribution in [-0.2, 0) is 5.41 Å². The molecule has 0 saturated carbocycles. The number of ether oxygens (including phenoxy) is 2. The van der Waals surface area contributed by atoms with Gasteiger partial charge in [0.05, 0.1) is 10.9 Å². The minimum atomic E-state index is -0.732. The molecule has 3 rings (SSSR count). The van der Waals surface area contributed by atoms with E-state index in [1.54, 1.807) is 0 Å². The monoisotopic (exact) mass is 513 g/mol. The highest BCUT2D eigenvalue weighted by Gasteiger charge is 2.24. The van der Waals surface area contributed by atoms with Gasteiger partial charge in [-0.15, -0.1) is 11.6 Å². The van der Waals surface area contributed by atoms with Crippen LogP contribution < -0.4 is 9.47 Å². The normalized spacial score (nSPS) is 16.9. The maximum atomic E-state index is 10.3. The molecule has 0 aliphatic carbocycles. The van der Waals surface area contributed by atoms with E-state index in [1.165, 1.54) is 0 Å². The molecule has 182 valence electrons. The number of thioether (sulfide) groups is 1. The Hall–Kier alpha value is -1.15. The average molecular weight is 515 g/mol. The Morgan fingerprint density at radius 1 is 0.970 bits per heavy atom. The van der Waals surface area contributed by atoms with E-state index in [-0.39, 0.29) is 24.5 Å². The first-order valence-corrected chi connectivity index (χ1v) is 13.2. The first-order valence-electron chi connectivity index (χ1n) is 11.2. The summed E-state index contributed by atoms with van der Waals surface area (Å²) in [5.41, 5.74) is 1.87. The molecular formula is C25H33Cl2NO4S. The van der Waals surface area contributed by atoms with Crippen molar-refractivity contribution in [3.8, 4) is 11.5 Å². The van der Waals surface area contributed by atoms with Crippen molar-refractivity contribution in [2.45, 2.75) is 31.5 Å². The largest absolute Gasteiger partial charge is 0.491 e. The van der Waals surface area contributed by atoms with Gasteiger partial charge in [0.1, 0.15) is 36.9 Å². The highest BCUT2D eigenvalue weighted by Crippen LogP contribution is 2.36. The highest BCUT2D eigenvalue weighted by molar-refractivity contribution is 7.99. The van der Waals surface area contributed by atoms with Gasteiger partial charge in [-0.25, -0.2) is 0 Å². The van der Waals surface area contributed by atoms with Gasteiger partial charge in [0.25, 0.3) is 0 Å². The van der Waals surface area contributed by atoms with Crippen LogP contribution in [0.2, 0.25) is 5.02 Å². The number of alkyl halides is 1. The van der Waals surface area contributed by atoms with Crippen LogP contribution in [0, 0.1) is 0 Å². The van der Waals surface area contributed by atoms with Gasteiger partial charge in [-0.3, -0.25) is 4.90 Å². The SMILES string of the molecule is CC(C)(c1ccc(OCC(O)CN2CCSCC2)cc1)c1ccc(OCC(O)CCl)c(Cl)c1. The summed E-state index contributed by atoms with van der Waals surface area (Å²) in [6.07, 6.45) is -1.23. The second-order valence-corrected chi connectivity index (χ2v) is 10.7. The van der Waals surface area contributed by atoms with E-state index in [0.29, 0.717) is 17.3 Å². The maximum absolute atomic E-state index is 10.3. The van der Waals surface area contributed by atoms with E-state index in [4.69, 9.17) is 32.7 Å². The topological polar surface area (TPSA) is 62.2 Å². The third kappa shape index (κ3) is 7.67. The lowest BCUT2D eigenvalue weighted by Crippen LogP contribution is -2.40. The Morgan fingerprint density at radius 2 is 1.61 bits per heavy atom. The first-order chi connectivity index (χ1) is 15.8. The van der Waals surface area contributed by atoms with Crippen molar-refractivity contribution >= 4 is 35.0 Å². The van der Waals surface area contributed by atoms with Crippen molar-refractivity contribution < 1.29 is 19.7 Å². The molecule has 1 aliphatic rings. The second kappa shape index (κ2) is 12.5. The number of nitrogens with zero attached hydrogens (tertiary/aromatic N) is 1. The number of aliphatic hydroxyl groups is 2. The molecule has 8 heteroatoms. The lowest BCUT2D eigenvalue weighted by Gasteiger charge is -2.28.